The molecule has 0 radical (unpaired) electrons. The van der Waals surface area contributed by atoms with Gasteiger partial charge in [0.25, 0.3) is 6.01 Å². The zero-order valence-corrected chi connectivity index (χ0v) is 8.92. The van der Waals surface area contributed by atoms with Gasteiger partial charge in [-0.1, -0.05) is 0 Å². The van der Waals surface area contributed by atoms with E-state index in [9.17, 15) is 0 Å². The molecule has 6 heteroatoms. The number of nitriles is 2. The normalized spacial score (nSPS) is 9.76. The first-order valence-corrected chi connectivity index (χ1v) is 4.89. The highest BCUT2D eigenvalue weighted by atomic mass is 16.4. The van der Waals surface area contributed by atoms with E-state index >= 15 is 0 Å². The van der Waals surface area contributed by atoms with Gasteiger partial charge in [0, 0.05) is 11.8 Å². The molecular weight excluding hydrogens is 218 g/mol. The van der Waals surface area contributed by atoms with Crippen LogP contribution in [0.15, 0.2) is 22.6 Å². The topological polar surface area (TPSA) is 103 Å². The predicted octanol–water partition coefficient (Wildman–Crippen LogP) is 1.26. The zero-order chi connectivity index (χ0) is 12.3. The summed E-state index contributed by atoms with van der Waals surface area (Å²) in [5, 5.41) is 17.3. The molecule has 6 nitrogen and oxygen atoms in total. The van der Waals surface area contributed by atoms with Crippen LogP contribution in [0.3, 0.4) is 0 Å². The molecule has 0 spiro atoms. The number of anilines is 2. The molecule has 1 aromatic heterocycles. The lowest BCUT2D eigenvalue weighted by atomic mass is 10.3. The zero-order valence-electron chi connectivity index (χ0n) is 8.92. The van der Waals surface area contributed by atoms with Gasteiger partial charge in [-0.3, -0.25) is 4.90 Å². The average Bonchev–Trinajstić information content (AvgIpc) is 2.71. The summed E-state index contributed by atoms with van der Waals surface area (Å²) in [6, 6.07) is 9.27. The standard InChI is InChI=1S/C11H9N5O/c12-3-5-16(6-4-13)11-15-9-2-1-8(14)7-10(9)17-11/h1-2,7H,5-6,14H2. The Balaban J connectivity index is 2.41. The maximum absolute atomic E-state index is 8.65. The lowest BCUT2D eigenvalue weighted by molar-refractivity contribution is 0.586. The minimum Gasteiger partial charge on any atom is -0.423 e. The van der Waals surface area contributed by atoms with Gasteiger partial charge in [0.05, 0.1) is 12.1 Å². The van der Waals surface area contributed by atoms with Crippen molar-refractivity contribution in [3.05, 3.63) is 18.2 Å². The second-order valence-corrected chi connectivity index (χ2v) is 3.40. The number of aromatic nitrogens is 1. The maximum Gasteiger partial charge on any atom is 0.300 e. The Kier molecular flexibility index (Phi) is 2.80. The Bertz CT molecular complexity index is 603. The number of rotatable bonds is 3. The molecule has 0 saturated carbocycles. The van der Waals surface area contributed by atoms with Crippen molar-refractivity contribution in [1.29, 1.82) is 10.5 Å². The summed E-state index contributed by atoms with van der Waals surface area (Å²) in [6.07, 6.45) is 0. The fourth-order valence-electron chi connectivity index (χ4n) is 1.43. The van der Waals surface area contributed by atoms with E-state index < -0.39 is 0 Å². The highest BCUT2D eigenvalue weighted by molar-refractivity contribution is 5.78. The van der Waals surface area contributed by atoms with Crippen LogP contribution in [0.5, 0.6) is 0 Å². The van der Waals surface area contributed by atoms with Crippen molar-refractivity contribution in [3.8, 4) is 12.1 Å². The number of nitrogens with two attached hydrogens (primary N) is 1. The van der Waals surface area contributed by atoms with Crippen LogP contribution in [0.4, 0.5) is 11.7 Å². The second kappa shape index (κ2) is 4.42. The van der Waals surface area contributed by atoms with E-state index in [1.807, 2.05) is 12.1 Å². The predicted molar refractivity (Wildman–Crippen MR) is 61.9 cm³/mol. The van der Waals surface area contributed by atoms with Gasteiger partial charge in [-0.2, -0.15) is 15.5 Å². The molecule has 0 fully saturated rings. The van der Waals surface area contributed by atoms with Crippen LogP contribution < -0.4 is 10.6 Å². The number of nitrogen functional groups attached to an aromatic ring is 1. The van der Waals surface area contributed by atoms with E-state index in [0.29, 0.717) is 16.8 Å². The smallest absolute Gasteiger partial charge is 0.300 e. The van der Waals surface area contributed by atoms with Crippen LogP contribution in [0.25, 0.3) is 11.1 Å². The molecule has 1 aromatic carbocycles. The largest absolute Gasteiger partial charge is 0.423 e. The Hall–Kier alpha value is -2.73. The van der Waals surface area contributed by atoms with Crippen LogP contribution in [-0.2, 0) is 0 Å². The van der Waals surface area contributed by atoms with Gasteiger partial charge in [-0.25, -0.2) is 0 Å². The molecule has 0 saturated heterocycles. The van der Waals surface area contributed by atoms with Gasteiger partial charge in [0.1, 0.15) is 18.6 Å². The summed E-state index contributed by atoms with van der Waals surface area (Å²) in [5.74, 6) is 0. The van der Waals surface area contributed by atoms with Crippen LogP contribution in [0, 0.1) is 22.7 Å². The van der Waals surface area contributed by atoms with Crippen molar-refractivity contribution in [2.75, 3.05) is 23.7 Å². The van der Waals surface area contributed by atoms with E-state index in [1.165, 1.54) is 4.90 Å². The minimum atomic E-state index is 0.0515. The molecule has 0 bridgehead atoms. The SMILES string of the molecule is N#CCN(CC#N)c1nc2ccc(N)cc2o1. The van der Waals surface area contributed by atoms with Gasteiger partial charge >= 0.3 is 0 Å². The molecule has 0 aliphatic rings. The first-order valence-electron chi connectivity index (χ1n) is 4.89. The molecule has 0 unspecified atom stereocenters. The van der Waals surface area contributed by atoms with E-state index in [-0.39, 0.29) is 19.1 Å². The Morgan fingerprint density at radius 1 is 1.29 bits per heavy atom. The molecule has 1 heterocycles. The Morgan fingerprint density at radius 3 is 2.65 bits per heavy atom. The van der Waals surface area contributed by atoms with Gasteiger partial charge < -0.3 is 10.2 Å². The highest BCUT2D eigenvalue weighted by Gasteiger charge is 2.13. The lowest BCUT2D eigenvalue weighted by Gasteiger charge is -2.11. The molecule has 0 amide bonds. The molecule has 0 atom stereocenters. The number of nitrogens with zero attached hydrogens (tertiary/aromatic N) is 4. The first-order chi connectivity index (χ1) is 8.24. The fraction of sp³-hybridized carbons (Fsp3) is 0.182. The molecule has 84 valence electrons. The molecule has 17 heavy (non-hydrogen) atoms. The van der Waals surface area contributed by atoms with Crippen LogP contribution >= 0.6 is 0 Å². The molecule has 0 aliphatic carbocycles. The molecule has 0 aliphatic heterocycles. The number of hydrogen-bond donors (Lipinski definition) is 1. The third kappa shape index (κ3) is 2.11. The van der Waals surface area contributed by atoms with Crippen molar-refractivity contribution in [2.45, 2.75) is 0 Å². The number of hydrogen-bond acceptors (Lipinski definition) is 6. The van der Waals surface area contributed by atoms with E-state index in [2.05, 4.69) is 4.98 Å². The second-order valence-electron chi connectivity index (χ2n) is 3.40. The van der Waals surface area contributed by atoms with E-state index in [1.54, 1.807) is 18.2 Å². The minimum absolute atomic E-state index is 0.0515. The summed E-state index contributed by atoms with van der Waals surface area (Å²) < 4.78 is 5.45. The quantitative estimate of drug-likeness (QED) is 0.625. The molecular formula is C11H9N5O. The molecule has 2 rings (SSSR count). The Labute approximate surface area is 97.5 Å². The lowest BCUT2D eigenvalue weighted by Crippen LogP contribution is -2.23. The highest BCUT2D eigenvalue weighted by Crippen LogP contribution is 2.23. The van der Waals surface area contributed by atoms with Gasteiger partial charge in [-0.15, -0.1) is 0 Å². The van der Waals surface area contributed by atoms with E-state index in [0.717, 1.165) is 0 Å². The summed E-state index contributed by atoms with van der Waals surface area (Å²) in [5.41, 5.74) is 7.39. The monoisotopic (exact) mass is 227 g/mol. The van der Waals surface area contributed by atoms with Crippen LogP contribution in [-0.4, -0.2) is 18.1 Å². The fourth-order valence-corrected chi connectivity index (χ4v) is 1.43. The van der Waals surface area contributed by atoms with Crippen LogP contribution in [0.1, 0.15) is 0 Å². The summed E-state index contributed by atoms with van der Waals surface area (Å²) in [4.78, 5) is 5.65. The maximum atomic E-state index is 8.65. The summed E-state index contributed by atoms with van der Waals surface area (Å²) >= 11 is 0. The number of oxazole rings is 1. The van der Waals surface area contributed by atoms with Gasteiger partial charge in [-0.05, 0) is 12.1 Å². The first kappa shape index (κ1) is 10.8. The van der Waals surface area contributed by atoms with Crippen molar-refractivity contribution >= 4 is 22.8 Å². The van der Waals surface area contributed by atoms with Crippen LogP contribution in [0.2, 0.25) is 0 Å². The third-order valence-corrected chi connectivity index (χ3v) is 2.19. The van der Waals surface area contributed by atoms with E-state index in [4.69, 9.17) is 20.7 Å². The summed E-state index contributed by atoms with van der Waals surface area (Å²) in [6.45, 7) is 0.103. The molecule has 2 N–H and O–H groups in total. The molecule has 2 aromatic rings. The third-order valence-electron chi connectivity index (χ3n) is 2.19. The van der Waals surface area contributed by atoms with Crippen molar-refractivity contribution in [3.63, 3.8) is 0 Å². The van der Waals surface area contributed by atoms with Crippen molar-refractivity contribution in [2.24, 2.45) is 0 Å². The number of fused-ring (bicyclic) bond motifs is 1. The van der Waals surface area contributed by atoms with Gasteiger partial charge in [0.2, 0.25) is 0 Å². The Morgan fingerprint density at radius 2 is 2.00 bits per heavy atom. The average molecular weight is 227 g/mol. The number of benzene rings is 1. The van der Waals surface area contributed by atoms with Gasteiger partial charge in [0.15, 0.2) is 5.58 Å². The van der Waals surface area contributed by atoms with Crippen molar-refractivity contribution < 1.29 is 4.42 Å². The summed E-state index contributed by atoms with van der Waals surface area (Å²) in [7, 11) is 0. The van der Waals surface area contributed by atoms with Crippen molar-refractivity contribution in [1.82, 2.24) is 4.98 Å².